The van der Waals surface area contributed by atoms with Crippen molar-refractivity contribution >= 4 is 23.9 Å². The van der Waals surface area contributed by atoms with E-state index in [1.165, 1.54) is 0 Å². The summed E-state index contributed by atoms with van der Waals surface area (Å²) in [6.45, 7) is 9.34. The van der Waals surface area contributed by atoms with E-state index in [0.29, 0.717) is 29.2 Å². The molecule has 0 radical (unpaired) electrons. The third-order valence-corrected chi connectivity index (χ3v) is 5.43. The standard InChI is InChI=1S/C32H30O9/c1-4-18-38-30(34)21-22(3)31(35)40-27-12-10-24(11-13-27)23-6-8-25(9-7-23)32(36)41-28-16-14-26(15-17-28)37-19-20-39-29(33)5-2/h5-17H,2-4,18-21H2,1H3. The molecule has 9 heteroatoms. The minimum Gasteiger partial charge on any atom is -0.490 e. The van der Waals surface area contributed by atoms with Gasteiger partial charge in [0.05, 0.1) is 18.6 Å². The van der Waals surface area contributed by atoms with Crippen molar-refractivity contribution in [1.82, 2.24) is 0 Å². The maximum absolute atomic E-state index is 12.6. The molecule has 0 aliphatic heterocycles. The molecule has 3 aromatic carbocycles. The molecule has 0 amide bonds. The van der Waals surface area contributed by atoms with Crippen LogP contribution in [0.5, 0.6) is 17.2 Å². The van der Waals surface area contributed by atoms with Crippen molar-refractivity contribution in [3.8, 4) is 28.4 Å². The fraction of sp³-hybridized carbons (Fsp3) is 0.188. The zero-order chi connectivity index (χ0) is 29.6. The second kappa shape index (κ2) is 15.4. The summed E-state index contributed by atoms with van der Waals surface area (Å²) in [6, 6.07) is 20.1. The lowest BCUT2D eigenvalue weighted by Gasteiger charge is -2.09. The predicted molar refractivity (Wildman–Crippen MR) is 151 cm³/mol. The minimum atomic E-state index is -0.706. The molecule has 0 aromatic heterocycles. The smallest absolute Gasteiger partial charge is 0.343 e. The SMILES string of the molecule is C=CC(=O)OCCOc1ccc(OC(=O)c2ccc(-c3ccc(OC(=O)C(=C)CC(=O)OCCC)cc3)cc2)cc1. The Morgan fingerprint density at radius 2 is 1.27 bits per heavy atom. The molecule has 0 N–H and O–H groups in total. The van der Waals surface area contributed by atoms with Gasteiger partial charge >= 0.3 is 23.9 Å². The summed E-state index contributed by atoms with van der Waals surface area (Å²) in [4.78, 5) is 47.5. The second-order valence-corrected chi connectivity index (χ2v) is 8.57. The summed E-state index contributed by atoms with van der Waals surface area (Å²) in [7, 11) is 0. The molecule has 0 fully saturated rings. The molecule has 3 rings (SSSR count). The van der Waals surface area contributed by atoms with E-state index in [4.69, 9.17) is 23.7 Å². The lowest BCUT2D eigenvalue weighted by atomic mass is 10.0. The molecule has 0 spiro atoms. The molecular formula is C32H30O9. The van der Waals surface area contributed by atoms with Crippen molar-refractivity contribution in [1.29, 1.82) is 0 Å². The zero-order valence-electron chi connectivity index (χ0n) is 22.6. The van der Waals surface area contributed by atoms with Crippen molar-refractivity contribution in [2.24, 2.45) is 0 Å². The molecule has 0 aliphatic carbocycles. The Morgan fingerprint density at radius 1 is 0.707 bits per heavy atom. The Labute approximate surface area is 237 Å². The molecule has 0 aliphatic rings. The van der Waals surface area contributed by atoms with Crippen LogP contribution < -0.4 is 14.2 Å². The Bertz CT molecular complexity index is 1370. The molecule has 0 heterocycles. The van der Waals surface area contributed by atoms with Crippen LogP contribution in [0.4, 0.5) is 0 Å². The summed E-state index contributed by atoms with van der Waals surface area (Å²) >= 11 is 0. The average Bonchev–Trinajstić information content (AvgIpc) is 2.99. The van der Waals surface area contributed by atoms with E-state index >= 15 is 0 Å². The van der Waals surface area contributed by atoms with Crippen molar-refractivity contribution in [2.75, 3.05) is 19.8 Å². The van der Waals surface area contributed by atoms with Gasteiger partial charge in [-0.25, -0.2) is 14.4 Å². The molecule has 0 saturated heterocycles. The number of carbonyl (C=O) groups is 4. The van der Waals surface area contributed by atoms with Crippen LogP contribution >= 0.6 is 0 Å². The highest BCUT2D eigenvalue weighted by Gasteiger charge is 2.15. The van der Waals surface area contributed by atoms with Crippen LogP contribution in [0, 0.1) is 0 Å². The second-order valence-electron chi connectivity index (χ2n) is 8.57. The van der Waals surface area contributed by atoms with E-state index in [1.807, 2.05) is 6.92 Å². The Kier molecular flexibility index (Phi) is 11.4. The molecule has 3 aromatic rings. The molecule has 9 nitrogen and oxygen atoms in total. The Balaban J connectivity index is 1.49. The van der Waals surface area contributed by atoms with Gasteiger partial charge in [0.15, 0.2) is 0 Å². The summed E-state index contributed by atoms with van der Waals surface area (Å²) in [6.07, 6.45) is 1.53. The van der Waals surface area contributed by atoms with Gasteiger partial charge < -0.3 is 23.7 Å². The minimum absolute atomic E-state index is 0.00526. The maximum Gasteiger partial charge on any atom is 0.343 e. The summed E-state index contributed by atoms with van der Waals surface area (Å²) < 4.78 is 26.0. The van der Waals surface area contributed by atoms with E-state index < -0.39 is 23.9 Å². The van der Waals surface area contributed by atoms with E-state index in [1.54, 1.807) is 72.8 Å². The Morgan fingerprint density at radius 3 is 1.88 bits per heavy atom. The quantitative estimate of drug-likeness (QED) is 0.110. The highest BCUT2D eigenvalue weighted by molar-refractivity contribution is 5.94. The van der Waals surface area contributed by atoms with Crippen LogP contribution in [0.15, 0.2) is 97.6 Å². The van der Waals surface area contributed by atoms with Crippen molar-refractivity contribution < 1.29 is 42.9 Å². The first-order chi connectivity index (χ1) is 19.8. The van der Waals surface area contributed by atoms with Gasteiger partial charge in [-0.2, -0.15) is 0 Å². The van der Waals surface area contributed by atoms with Gasteiger partial charge in [-0.3, -0.25) is 4.79 Å². The van der Waals surface area contributed by atoms with Crippen LogP contribution in [0.3, 0.4) is 0 Å². The van der Waals surface area contributed by atoms with Crippen LogP contribution in [0.1, 0.15) is 30.1 Å². The van der Waals surface area contributed by atoms with Crippen molar-refractivity contribution in [3.05, 3.63) is 103 Å². The average molecular weight is 559 g/mol. The van der Waals surface area contributed by atoms with E-state index in [-0.39, 0.29) is 31.8 Å². The van der Waals surface area contributed by atoms with E-state index in [0.717, 1.165) is 17.2 Å². The van der Waals surface area contributed by atoms with Crippen LogP contribution in [0.25, 0.3) is 11.1 Å². The fourth-order valence-electron chi connectivity index (χ4n) is 3.34. The predicted octanol–water partition coefficient (Wildman–Crippen LogP) is 5.49. The number of carbonyl (C=O) groups excluding carboxylic acids is 4. The highest BCUT2D eigenvalue weighted by atomic mass is 16.6. The molecule has 0 unspecified atom stereocenters. The van der Waals surface area contributed by atoms with Crippen LogP contribution in [-0.4, -0.2) is 43.7 Å². The number of rotatable bonds is 14. The van der Waals surface area contributed by atoms with Gasteiger partial charge in [0.2, 0.25) is 0 Å². The Hall–Kier alpha value is -5.18. The number of ether oxygens (including phenoxy) is 5. The monoisotopic (exact) mass is 558 g/mol. The topological polar surface area (TPSA) is 114 Å². The van der Waals surface area contributed by atoms with Gasteiger partial charge in [-0.1, -0.05) is 44.3 Å². The van der Waals surface area contributed by atoms with Gasteiger partial charge in [0.25, 0.3) is 0 Å². The summed E-state index contributed by atoms with van der Waals surface area (Å²) in [5.41, 5.74) is 2.04. The number of esters is 4. The van der Waals surface area contributed by atoms with Gasteiger partial charge in [-0.15, -0.1) is 0 Å². The molecule has 0 saturated carbocycles. The zero-order valence-corrected chi connectivity index (χ0v) is 22.6. The molecule has 41 heavy (non-hydrogen) atoms. The van der Waals surface area contributed by atoms with E-state index in [9.17, 15) is 19.2 Å². The summed E-state index contributed by atoms with van der Waals surface area (Å²) in [5.74, 6) is -1.11. The summed E-state index contributed by atoms with van der Waals surface area (Å²) in [5, 5.41) is 0. The number of benzene rings is 3. The maximum atomic E-state index is 12.6. The molecular weight excluding hydrogens is 528 g/mol. The highest BCUT2D eigenvalue weighted by Crippen LogP contribution is 2.24. The lowest BCUT2D eigenvalue weighted by Crippen LogP contribution is -2.15. The van der Waals surface area contributed by atoms with Crippen molar-refractivity contribution in [3.63, 3.8) is 0 Å². The van der Waals surface area contributed by atoms with E-state index in [2.05, 4.69) is 13.2 Å². The van der Waals surface area contributed by atoms with Gasteiger partial charge in [0.1, 0.15) is 30.5 Å². The number of hydrogen-bond donors (Lipinski definition) is 0. The fourth-order valence-corrected chi connectivity index (χ4v) is 3.34. The number of hydrogen-bond acceptors (Lipinski definition) is 9. The van der Waals surface area contributed by atoms with Crippen LogP contribution in [-0.2, 0) is 23.9 Å². The normalized spacial score (nSPS) is 10.2. The largest absolute Gasteiger partial charge is 0.490 e. The third kappa shape index (κ3) is 9.81. The molecule has 0 atom stereocenters. The molecule has 0 bridgehead atoms. The first kappa shape index (κ1) is 30.4. The molecule has 212 valence electrons. The van der Waals surface area contributed by atoms with Crippen molar-refractivity contribution in [2.45, 2.75) is 19.8 Å². The van der Waals surface area contributed by atoms with Crippen LogP contribution in [0.2, 0.25) is 0 Å². The third-order valence-electron chi connectivity index (χ3n) is 5.43. The lowest BCUT2D eigenvalue weighted by molar-refractivity contribution is -0.144. The van der Waals surface area contributed by atoms with Gasteiger partial charge in [-0.05, 0) is 66.1 Å². The van der Waals surface area contributed by atoms with Gasteiger partial charge in [0, 0.05) is 11.6 Å². The first-order valence-corrected chi connectivity index (χ1v) is 12.8. The first-order valence-electron chi connectivity index (χ1n) is 12.8.